The summed E-state index contributed by atoms with van der Waals surface area (Å²) < 4.78 is 13.3. The molecule has 17 heavy (non-hydrogen) atoms. The second-order valence-corrected chi connectivity index (χ2v) is 3.43. The SMILES string of the molecule is Nc1ccc(NC(=O)c2ccncc2F)cc1. The number of nitrogens with two attached hydrogens (primary N) is 1. The van der Waals surface area contributed by atoms with Crippen LogP contribution in [0.25, 0.3) is 0 Å². The topological polar surface area (TPSA) is 68.0 Å². The quantitative estimate of drug-likeness (QED) is 0.777. The summed E-state index contributed by atoms with van der Waals surface area (Å²) in [5.74, 6) is -1.17. The zero-order valence-electron chi connectivity index (χ0n) is 8.85. The highest BCUT2D eigenvalue weighted by atomic mass is 19.1. The first-order valence-corrected chi connectivity index (χ1v) is 4.93. The van der Waals surface area contributed by atoms with Gasteiger partial charge in [0.25, 0.3) is 5.91 Å². The number of hydrogen-bond acceptors (Lipinski definition) is 3. The van der Waals surface area contributed by atoms with Crippen LogP contribution in [-0.4, -0.2) is 10.9 Å². The second-order valence-electron chi connectivity index (χ2n) is 3.43. The minimum Gasteiger partial charge on any atom is -0.399 e. The molecule has 0 radical (unpaired) electrons. The summed E-state index contributed by atoms with van der Waals surface area (Å²) in [7, 11) is 0. The van der Waals surface area contributed by atoms with E-state index in [4.69, 9.17) is 5.73 Å². The van der Waals surface area contributed by atoms with Crippen LogP contribution in [0.15, 0.2) is 42.7 Å². The van der Waals surface area contributed by atoms with Crippen molar-refractivity contribution in [2.45, 2.75) is 0 Å². The Bertz CT molecular complexity index is 540. The number of hydrogen-bond donors (Lipinski definition) is 2. The number of amides is 1. The molecule has 2 aromatic rings. The predicted molar refractivity (Wildman–Crippen MR) is 63.0 cm³/mol. The molecule has 0 spiro atoms. The summed E-state index contributed by atoms with van der Waals surface area (Å²) in [6, 6.07) is 7.91. The zero-order chi connectivity index (χ0) is 12.3. The lowest BCUT2D eigenvalue weighted by molar-refractivity contribution is 0.102. The van der Waals surface area contributed by atoms with Crippen molar-refractivity contribution in [2.24, 2.45) is 0 Å². The van der Waals surface area contributed by atoms with Gasteiger partial charge < -0.3 is 11.1 Å². The Morgan fingerprint density at radius 1 is 1.24 bits per heavy atom. The van der Waals surface area contributed by atoms with Crippen LogP contribution in [0.2, 0.25) is 0 Å². The Hall–Kier alpha value is -2.43. The molecule has 0 fully saturated rings. The van der Waals surface area contributed by atoms with Gasteiger partial charge in [0.15, 0.2) is 5.82 Å². The normalized spacial score (nSPS) is 9.94. The zero-order valence-corrected chi connectivity index (χ0v) is 8.85. The number of nitrogens with zero attached hydrogens (tertiary/aromatic N) is 1. The van der Waals surface area contributed by atoms with E-state index in [1.54, 1.807) is 24.3 Å². The lowest BCUT2D eigenvalue weighted by Crippen LogP contribution is -2.13. The number of pyridine rings is 1. The molecule has 3 N–H and O–H groups in total. The van der Waals surface area contributed by atoms with E-state index in [1.165, 1.54) is 12.3 Å². The molecule has 0 aliphatic rings. The van der Waals surface area contributed by atoms with E-state index in [2.05, 4.69) is 10.3 Å². The lowest BCUT2D eigenvalue weighted by Gasteiger charge is -2.05. The maximum absolute atomic E-state index is 13.3. The van der Waals surface area contributed by atoms with Gasteiger partial charge in [-0.1, -0.05) is 0 Å². The predicted octanol–water partition coefficient (Wildman–Crippen LogP) is 2.06. The number of carbonyl (C=O) groups is 1. The van der Waals surface area contributed by atoms with Gasteiger partial charge in [-0.2, -0.15) is 0 Å². The number of nitrogen functional groups attached to an aromatic ring is 1. The van der Waals surface area contributed by atoms with Crippen molar-refractivity contribution in [2.75, 3.05) is 11.1 Å². The van der Waals surface area contributed by atoms with E-state index < -0.39 is 11.7 Å². The van der Waals surface area contributed by atoms with Crippen LogP contribution in [0.1, 0.15) is 10.4 Å². The van der Waals surface area contributed by atoms with Gasteiger partial charge in [0.1, 0.15) is 0 Å². The van der Waals surface area contributed by atoms with E-state index in [0.29, 0.717) is 11.4 Å². The molecular formula is C12H10FN3O. The minimum atomic E-state index is -0.652. The molecule has 2 rings (SSSR count). The molecule has 1 aromatic carbocycles. The van der Waals surface area contributed by atoms with E-state index in [0.717, 1.165) is 6.20 Å². The van der Waals surface area contributed by atoms with Gasteiger partial charge in [0, 0.05) is 17.6 Å². The van der Waals surface area contributed by atoms with Gasteiger partial charge in [-0.25, -0.2) is 4.39 Å². The van der Waals surface area contributed by atoms with Gasteiger partial charge in [0.2, 0.25) is 0 Å². The van der Waals surface area contributed by atoms with Gasteiger partial charge >= 0.3 is 0 Å². The molecule has 0 saturated carbocycles. The largest absolute Gasteiger partial charge is 0.399 e. The molecule has 1 amide bonds. The van der Waals surface area contributed by atoms with Crippen LogP contribution < -0.4 is 11.1 Å². The van der Waals surface area contributed by atoms with Crippen molar-refractivity contribution in [1.82, 2.24) is 4.98 Å². The number of benzene rings is 1. The fraction of sp³-hybridized carbons (Fsp3) is 0. The van der Waals surface area contributed by atoms with Crippen LogP contribution in [0.4, 0.5) is 15.8 Å². The molecular weight excluding hydrogens is 221 g/mol. The molecule has 0 aliphatic heterocycles. The average Bonchev–Trinajstić information content (AvgIpc) is 2.32. The number of nitrogens with one attached hydrogen (secondary N) is 1. The molecule has 0 bridgehead atoms. The molecule has 5 heteroatoms. The van der Waals surface area contributed by atoms with E-state index >= 15 is 0 Å². The van der Waals surface area contributed by atoms with Crippen molar-refractivity contribution in [1.29, 1.82) is 0 Å². The van der Waals surface area contributed by atoms with Crippen LogP contribution in [-0.2, 0) is 0 Å². The van der Waals surface area contributed by atoms with Crippen molar-refractivity contribution in [3.05, 3.63) is 54.1 Å². The summed E-state index contributed by atoms with van der Waals surface area (Å²) in [4.78, 5) is 15.3. The van der Waals surface area contributed by atoms with Crippen molar-refractivity contribution in [3.8, 4) is 0 Å². The molecule has 1 aromatic heterocycles. The number of carbonyl (C=O) groups excluding carboxylic acids is 1. The maximum Gasteiger partial charge on any atom is 0.258 e. The first-order chi connectivity index (χ1) is 8.16. The third-order valence-electron chi connectivity index (χ3n) is 2.19. The smallest absolute Gasteiger partial charge is 0.258 e. The third kappa shape index (κ3) is 2.57. The Kier molecular flexibility index (Phi) is 3.00. The van der Waals surface area contributed by atoms with Gasteiger partial charge in [-0.15, -0.1) is 0 Å². The Labute approximate surface area is 97.3 Å². The summed E-state index contributed by atoms with van der Waals surface area (Å²) in [6.07, 6.45) is 2.36. The number of aromatic nitrogens is 1. The van der Waals surface area contributed by atoms with Crippen LogP contribution in [0.3, 0.4) is 0 Å². The molecule has 0 aliphatic carbocycles. The summed E-state index contributed by atoms with van der Waals surface area (Å²) in [5.41, 5.74) is 6.62. The maximum atomic E-state index is 13.3. The Balaban J connectivity index is 2.17. The first-order valence-electron chi connectivity index (χ1n) is 4.93. The molecule has 0 saturated heterocycles. The van der Waals surface area contributed by atoms with Crippen LogP contribution in [0, 0.1) is 5.82 Å². The molecule has 1 heterocycles. The second kappa shape index (κ2) is 4.61. The lowest BCUT2D eigenvalue weighted by atomic mass is 10.2. The van der Waals surface area contributed by atoms with Crippen molar-refractivity contribution >= 4 is 17.3 Å². The van der Waals surface area contributed by atoms with E-state index in [-0.39, 0.29) is 5.56 Å². The highest BCUT2D eigenvalue weighted by molar-refractivity contribution is 6.04. The fourth-order valence-corrected chi connectivity index (χ4v) is 1.32. The number of anilines is 2. The molecule has 4 nitrogen and oxygen atoms in total. The first kappa shape index (κ1) is 11.1. The molecule has 0 unspecified atom stereocenters. The standard InChI is InChI=1S/C12H10FN3O/c13-11-7-15-6-5-10(11)12(17)16-9-3-1-8(14)2-4-9/h1-7H,14H2,(H,16,17). The highest BCUT2D eigenvalue weighted by Gasteiger charge is 2.10. The minimum absolute atomic E-state index is 0.0446. The van der Waals surface area contributed by atoms with Crippen molar-refractivity contribution in [3.63, 3.8) is 0 Å². The average molecular weight is 231 g/mol. The van der Waals surface area contributed by atoms with Crippen LogP contribution in [0.5, 0.6) is 0 Å². The van der Waals surface area contributed by atoms with Gasteiger partial charge in [-0.05, 0) is 30.3 Å². The van der Waals surface area contributed by atoms with Gasteiger partial charge in [-0.3, -0.25) is 9.78 Å². The molecule has 86 valence electrons. The Morgan fingerprint density at radius 2 is 1.94 bits per heavy atom. The monoisotopic (exact) mass is 231 g/mol. The highest BCUT2D eigenvalue weighted by Crippen LogP contribution is 2.13. The van der Waals surface area contributed by atoms with E-state index in [9.17, 15) is 9.18 Å². The fourth-order valence-electron chi connectivity index (χ4n) is 1.32. The van der Waals surface area contributed by atoms with E-state index in [1.807, 2.05) is 0 Å². The number of halogens is 1. The van der Waals surface area contributed by atoms with Crippen molar-refractivity contribution < 1.29 is 9.18 Å². The molecule has 0 atom stereocenters. The number of rotatable bonds is 2. The van der Waals surface area contributed by atoms with Crippen LogP contribution >= 0.6 is 0 Å². The summed E-state index contributed by atoms with van der Waals surface area (Å²) in [5, 5.41) is 2.56. The Morgan fingerprint density at radius 3 is 2.59 bits per heavy atom. The third-order valence-corrected chi connectivity index (χ3v) is 2.19. The summed E-state index contributed by atoms with van der Waals surface area (Å²) in [6.45, 7) is 0. The summed E-state index contributed by atoms with van der Waals surface area (Å²) >= 11 is 0. The van der Waals surface area contributed by atoms with Gasteiger partial charge in [0.05, 0.1) is 11.8 Å².